The molecule has 3 saturated heterocycles. The van der Waals surface area contributed by atoms with Crippen molar-refractivity contribution in [2.75, 3.05) is 57.5 Å². The monoisotopic (exact) mass is 744 g/mol. The van der Waals surface area contributed by atoms with Crippen molar-refractivity contribution >= 4 is 39.3 Å². The molecule has 0 aliphatic carbocycles. The molecule has 52 heavy (non-hydrogen) atoms. The van der Waals surface area contributed by atoms with Crippen molar-refractivity contribution in [3.63, 3.8) is 0 Å². The van der Waals surface area contributed by atoms with Gasteiger partial charge in [-0.05, 0) is 59.7 Å². The molecule has 0 saturated carbocycles. The topological polar surface area (TPSA) is 168 Å². The van der Waals surface area contributed by atoms with Crippen LogP contribution in [0.3, 0.4) is 0 Å². The van der Waals surface area contributed by atoms with Crippen molar-refractivity contribution in [1.29, 1.82) is 0 Å². The lowest BCUT2D eigenvalue weighted by Gasteiger charge is -2.39. The van der Waals surface area contributed by atoms with E-state index in [9.17, 15) is 40.8 Å². The highest BCUT2D eigenvalue weighted by Gasteiger charge is 2.59. The van der Waals surface area contributed by atoms with Crippen LogP contribution >= 0.6 is 0 Å². The van der Waals surface area contributed by atoms with Crippen LogP contribution in [0.2, 0.25) is 0 Å². The summed E-state index contributed by atoms with van der Waals surface area (Å²) in [6, 6.07) is 8.59. The first-order valence-electron chi connectivity index (χ1n) is 16.4. The lowest BCUT2D eigenvalue weighted by atomic mass is 9.69. The van der Waals surface area contributed by atoms with Gasteiger partial charge in [0.05, 0.1) is 37.0 Å². The van der Waals surface area contributed by atoms with Gasteiger partial charge in [0.1, 0.15) is 16.9 Å². The summed E-state index contributed by atoms with van der Waals surface area (Å²) in [5, 5.41) is 2.83. The average Bonchev–Trinajstić information content (AvgIpc) is 3.43. The van der Waals surface area contributed by atoms with Crippen LogP contribution in [0, 0.1) is 0 Å². The second-order valence-corrected chi connectivity index (χ2v) is 14.5. The van der Waals surface area contributed by atoms with Crippen LogP contribution in [0.25, 0.3) is 0 Å². The number of aromatic nitrogens is 2. The number of imide groups is 1. The molecule has 14 nitrogen and oxygen atoms in total. The van der Waals surface area contributed by atoms with E-state index in [2.05, 4.69) is 15.3 Å². The van der Waals surface area contributed by atoms with Crippen molar-refractivity contribution in [2.24, 2.45) is 0 Å². The first-order chi connectivity index (χ1) is 24.7. The molecule has 3 aliphatic rings. The van der Waals surface area contributed by atoms with Crippen molar-refractivity contribution in [3.05, 3.63) is 83.4 Å². The van der Waals surface area contributed by atoms with Gasteiger partial charge in [0.25, 0.3) is 27.6 Å². The number of carbonyl (C=O) groups excluding carboxylic acids is 4. The van der Waals surface area contributed by atoms with Crippen molar-refractivity contribution in [1.82, 2.24) is 25.1 Å². The van der Waals surface area contributed by atoms with Crippen LogP contribution in [0.1, 0.15) is 57.8 Å². The third-order valence-corrected chi connectivity index (χ3v) is 11.3. The van der Waals surface area contributed by atoms with Crippen LogP contribution < -0.4 is 10.2 Å². The summed E-state index contributed by atoms with van der Waals surface area (Å²) in [5.41, 5.74) is -6.43. The summed E-state index contributed by atoms with van der Waals surface area (Å²) >= 11 is 0. The van der Waals surface area contributed by atoms with Crippen molar-refractivity contribution in [3.8, 4) is 0 Å². The third kappa shape index (κ3) is 6.61. The Morgan fingerprint density at radius 2 is 1.23 bits per heavy atom. The third-order valence-electron chi connectivity index (χ3n) is 9.75. The summed E-state index contributed by atoms with van der Waals surface area (Å²) in [6.45, 7) is 6.26. The van der Waals surface area contributed by atoms with Crippen molar-refractivity contribution in [2.45, 2.75) is 41.6 Å². The number of hydrogen-bond donors (Lipinski definition) is 1. The second kappa shape index (κ2) is 14.2. The Bertz CT molecular complexity index is 1900. The zero-order valence-corrected chi connectivity index (χ0v) is 28.9. The van der Waals surface area contributed by atoms with E-state index >= 15 is 0 Å². The standard InChI is InChI=1S/C34H35F3N6O8S/c1-21(23-7-9-38-27(19-23)29(44)41-11-15-50-16-12-41)33(22(2)24-8-10-39-28(20-24)30(45)42-13-17-51-18-14-42)31(46)43(32(47)40-33)25-3-5-26(6-4-25)52(48,49)34(35,36)37/h3-10,19-22H,11-18H2,1-2H3,(H,40,47). The number of alkyl halides is 3. The fourth-order valence-corrected chi connectivity index (χ4v) is 7.48. The minimum Gasteiger partial charge on any atom is -0.378 e. The number of urea groups is 1. The number of nitrogens with zero attached hydrogens (tertiary/aromatic N) is 5. The van der Waals surface area contributed by atoms with E-state index in [4.69, 9.17) is 9.47 Å². The Hall–Kier alpha value is -4.94. The first kappa shape index (κ1) is 36.8. The maximum Gasteiger partial charge on any atom is 0.501 e. The highest BCUT2D eigenvalue weighted by molar-refractivity contribution is 7.92. The Kier molecular flexibility index (Phi) is 10.1. The molecular weight excluding hydrogens is 709 g/mol. The molecule has 3 aromatic rings. The van der Waals surface area contributed by atoms with E-state index < -0.39 is 49.6 Å². The molecule has 1 aromatic carbocycles. The van der Waals surface area contributed by atoms with Gasteiger partial charge in [-0.2, -0.15) is 13.2 Å². The molecule has 3 fully saturated rings. The van der Waals surface area contributed by atoms with Crippen LogP contribution in [0.4, 0.5) is 23.7 Å². The molecule has 276 valence electrons. The lowest BCUT2D eigenvalue weighted by molar-refractivity contribution is -0.123. The average molecular weight is 745 g/mol. The van der Waals surface area contributed by atoms with E-state index in [0.717, 1.165) is 17.0 Å². The molecular formula is C34H35F3N6O8S. The van der Waals surface area contributed by atoms with Gasteiger partial charge >= 0.3 is 11.5 Å². The highest BCUT2D eigenvalue weighted by atomic mass is 32.2. The minimum absolute atomic E-state index is 0.103. The summed E-state index contributed by atoms with van der Waals surface area (Å²) in [5.74, 6) is -3.26. The fourth-order valence-electron chi connectivity index (χ4n) is 6.72. The zero-order valence-electron chi connectivity index (χ0n) is 28.1. The number of halogens is 3. The number of morpholine rings is 2. The molecule has 0 spiro atoms. The molecule has 2 unspecified atom stereocenters. The summed E-state index contributed by atoms with van der Waals surface area (Å²) in [4.78, 5) is 66.7. The Morgan fingerprint density at radius 3 is 1.65 bits per heavy atom. The largest absolute Gasteiger partial charge is 0.501 e. The maximum absolute atomic E-state index is 14.8. The SMILES string of the molecule is CC(c1ccnc(C(=O)N2CCOCC2)c1)C1(C(C)c2ccnc(C(=O)N3CCOCC3)c2)NC(=O)N(c2ccc(S(=O)(=O)C(F)(F)F)cc2)C1=O. The molecule has 3 aliphatic heterocycles. The predicted molar refractivity (Wildman–Crippen MR) is 177 cm³/mol. The van der Waals surface area contributed by atoms with Crippen LogP contribution in [-0.4, -0.2) is 116 Å². The van der Waals surface area contributed by atoms with E-state index in [-0.39, 0.29) is 28.9 Å². The number of carbonyl (C=O) groups is 4. The molecule has 5 heterocycles. The van der Waals surface area contributed by atoms with Gasteiger partial charge < -0.3 is 24.6 Å². The number of rotatable bonds is 8. The number of benzene rings is 1. The van der Waals surface area contributed by atoms with Gasteiger partial charge in [0, 0.05) is 50.4 Å². The van der Waals surface area contributed by atoms with Gasteiger partial charge in [-0.1, -0.05) is 13.8 Å². The summed E-state index contributed by atoms with van der Waals surface area (Å²) in [7, 11) is -5.70. The summed E-state index contributed by atoms with van der Waals surface area (Å²) < 4.78 is 74.4. The number of nitrogens with one attached hydrogen (secondary N) is 1. The predicted octanol–water partition coefficient (Wildman–Crippen LogP) is 3.12. The molecule has 18 heteroatoms. The molecule has 2 aromatic heterocycles. The van der Waals surface area contributed by atoms with E-state index in [0.29, 0.717) is 75.9 Å². The quantitative estimate of drug-likeness (QED) is 0.339. The molecule has 0 radical (unpaired) electrons. The second-order valence-electron chi connectivity index (χ2n) is 12.6. The fraction of sp³-hybridized carbons (Fsp3) is 0.412. The number of pyridine rings is 2. The van der Waals surface area contributed by atoms with Crippen LogP contribution in [-0.2, 0) is 24.1 Å². The zero-order chi connectivity index (χ0) is 37.4. The molecule has 6 rings (SSSR count). The normalized spacial score (nSPS) is 21.1. The first-order valence-corrected chi connectivity index (χ1v) is 17.9. The Morgan fingerprint density at radius 1 is 0.788 bits per heavy atom. The highest BCUT2D eigenvalue weighted by Crippen LogP contribution is 2.45. The van der Waals surface area contributed by atoms with Crippen LogP contribution in [0.15, 0.2) is 65.8 Å². The van der Waals surface area contributed by atoms with Gasteiger partial charge in [-0.3, -0.25) is 24.4 Å². The molecule has 2 atom stereocenters. The molecule has 5 amide bonds. The Labute approximate surface area is 296 Å². The van der Waals surface area contributed by atoms with Gasteiger partial charge in [0.15, 0.2) is 0 Å². The van der Waals surface area contributed by atoms with E-state index in [1.165, 1.54) is 24.5 Å². The molecule has 1 N–H and O–H groups in total. The number of hydrogen-bond acceptors (Lipinski definition) is 10. The number of sulfone groups is 1. The maximum atomic E-state index is 14.8. The van der Waals surface area contributed by atoms with E-state index in [1.807, 2.05) is 0 Å². The van der Waals surface area contributed by atoms with Crippen LogP contribution in [0.5, 0.6) is 0 Å². The van der Waals surface area contributed by atoms with Gasteiger partial charge in [0.2, 0.25) is 0 Å². The lowest BCUT2D eigenvalue weighted by Crippen LogP contribution is -2.55. The molecule has 0 bridgehead atoms. The van der Waals surface area contributed by atoms with Gasteiger partial charge in [-0.15, -0.1) is 0 Å². The van der Waals surface area contributed by atoms with E-state index in [1.54, 1.807) is 35.8 Å². The van der Waals surface area contributed by atoms with Gasteiger partial charge in [-0.25, -0.2) is 18.1 Å². The number of amides is 5. The number of ether oxygens (including phenoxy) is 2. The minimum atomic E-state index is -5.70. The smallest absolute Gasteiger partial charge is 0.378 e. The number of anilines is 1. The summed E-state index contributed by atoms with van der Waals surface area (Å²) in [6.07, 6.45) is 2.84. The van der Waals surface area contributed by atoms with Crippen molar-refractivity contribution < 1.29 is 50.2 Å². The Balaban J connectivity index is 1.41.